The van der Waals surface area contributed by atoms with Crippen molar-refractivity contribution in [2.75, 3.05) is 6.54 Å². The van der Waals surface area contributed by atoms with E-state index in [1.807, 2.05) is 18.2 Å². The number of nitrogens with two attached hydrogens (primary N) is 2. The van der Waals surface area contributed by atoms with Gasteiger partial charge in [0.15, 0.2) is 0 Å². The molecule has 1 amide bonds. The normalized spacial score (nSPS) is 12.6. The van der Waals surface area contributed by atoms with Crippen molar-refractivity contribution in [2.24, 2.45) is 10.9 Å². The number of rotatable bonds is 6. The van der Waals surface area contributed by atoms with Crippen molar-refractivity contribution >= 4 is 15.9 Å². The fourth-order valence-corrected chi connectivity index (χ4v) is 2.61. The van der Waals surface area contributed by atoms with E-state index >= 15 is 0 Å². The molecule has 7 heteroatoms. The number of amides is 1. The van der Waals surface area contributed by atoms with Gasteiger partial charge in [-0.15, -0.1) is 0 Å². The molecule has 6 nitrogen and oxygen atoms in total. The van der Waals surface area contributed by atoms with Crippen LogP contribution in [0, 0.1) is 0 Å². The zero-order valence-corrected chi connectivity index (χ0v) is 13.3. The summed E-state index contributed by atoms with van der Waals surface area (Å²) in [5, 5.41) is 7.80. The molecule has 5 N–H and O–H groups in total. The molecule has 0 heterocycles. The Hall–Kier alpha value is -2.22. The molecule has 0 aliphatic heterocycles. The Labute approximate surface area is 135 Å². The molecule has 0 saturated carbocycles. The first kappa shape index (κ1) is 17.1. The van der Waals surface area contributed by atoms with Gasteiger partial charge in [-0.05, 0) is 29.7 Å². The Morgan fingerprint density at radius 1 is 1.04 bits per heavy atom. The van der Waals surface area contributed by atoms with Gasteiger partial charge in [-0.1, -0.05) is 42.5 Å². The van der Waals surface area contributed by atoms with Gasteiger partial charge in [0.1, 0.15) is 6.04 Å². The van der Waals surface area contributed by atoms with E-state index in [9.17, 15) is 13.2 Å². The molecule has 0 bridgehead atoms. The van der Waals surface area contributed by atoms with E-state index < -0.39 is 16.1 Å². The van der Waals surface area contributed by atoms with Crippen molar-refractivity contribution < 1.29 is 13.2 Å². The predicted octanol–water partition coefficient (Wildman–Crippen LogP) is 0.693. The summed E-state index contributed by atoms with van der Waals surface area (Å²) in [5.74, 6) is -0.252. The van der Waals surface area contributed by atoms with Gasteiger partial charge >= 0.3 is 0 Å². The Morgan fingerprint density at radius 2 is 1.65 bits per heavy atom. The predicted molar refractivity (Wildman–Crippen MR) is 87.9 cm³/mol. The van der Waals surface area contributed by atoms with Crippen molar-refractivity contribution in [1.82, 2.24) is 5.32 Å². The molecule has 2 aromatic rings. The molecule has 23 heavy (non-hydrogen) atoms. The van der Waals surface area contributed by atoms with Gasteiger partial charge in [-0.3, -0.25) is 4.79 Å². The highest BCUT2D eigenvalue weighted by Gasteiger charge is 2.14. The third-order valence-electron chi connectivity index (χ3n) is 3.41. The molecule has 2 rings (SSSR count). The largest absolute Gasteiger partial charge is 0.354 e. The highest BCUT2D eigenvalue weighted by molar-refractivity contribution is 7.89. The Balaban J connectivity index is 1.86. The zero-order chi connectivity index (χ0) is 16.9. The SMILES string of the molecule is N[C@H](C(=O)NCCc1ccc(S(N)(=O)=O)cc1)c1ccccc1. The highest BCUT2D eigenvalue weighted by Crippen LogP contribution is 2.10. The van der Waals surface area contributed by atoms with Crippen LogP contribution < -0.4 is 16.2 Å². The first-order valence-corrected chi connectivity index (χ1v) is 8.62. The van der Waals surface area contributed by atoms with Crippen LogP contribution in [0.5, 0.6) is 0 Å². The van der Waals surface area contributed by atoms with Gasteiger partial charge in [0, 0.05) is 6.54 Å². The van der Waals surface area contributed by atoms with Crippen molar-refractivity contribution in [1.29, 1.82) is 0 Å². The van der Waals surface area contributed by atoms with Crippen LogP contribution in [0.25, 0.3) is 0 Å². The van der Waals surface area contributed by atoms with Gasteiger partial charge in [-0.25, -0.2) is 13.6 Å². The number of nitrogens with one attached hydrogen (secondary N) is 1. The summed E-state index contributed by atoms with van der Waals surface area (Å²) < 4.78 is 22.3. The molecule has 1 atom stereocenters. The van der Waals surface area contributed by atoms with E-state index in [-0.39, 0.29) is 10.8 Å². The monoisotopic (exact) mass is 333 g/mol. The van der Waals surface area contributed by atoms with Crippen LogP contribution in [0.3, 0.4) is 0 Å². The van der Waals surface area contributed by atoms with E-state index in [0.717, 1.165) is 11.1 Å². The lowest BCUT2D eigenvalue weighted by Gasteiger charge is -2.12. The molecule has 0 aliphatic carbocycles. The van der Waals surface area contributed by atoms with Crippen molar-refractivity contribution in [3.8, 4) is 0 Å². The van der Waals surface area contributed by atoms with Crippen molar-refractivity contribution in [3.63, 3.8) is 0 Å². The maximum absolute atomic E-state index is 12.0. The summed E-state index contributed by atoms with van der Waals surface area (Å²) in [6.45, 7) is 0.411. The summed E-state index contributed by atoms with van der Waals surface area (Å²) >= 11 is 0. The zero-order valence-electron chi connectivity index (χ0n) is 12.5. The first-order chi connectivity index (χ1) is 10.9. The lowest BCUT2D eigenvalue weighted by atomic mass is 10.1. The molecule has 2 aromatic carbocycles. The molecule has 0 saturated heterocycles. The van der Waals surface area contributed by atoms with Gasteiger partial charge in [-0.2, -0.15) is 0 Å². The third-order valence-corrected chi connectivity index (χ3v) is 4.34. The third kappa shape index (κ3) is 4.88. The summed E-state index contributed by atoms with van der Waals surface area (Å²) in [5.41, 5.74) is 7.54. The Kier molecular flexibility index (Phi) is 5.49. The molecule has 0 fully saturated rings. The standard InChI is InChI=1S/C16H19N3O3S/c17-15(13-4-2-1-3-5-13)16(20)19-11-10-12-6-8-14(9-7-12)23(18,21)22/h1-9,15H,10-11,17H2,(H,19,20)(H2,18,21,22)/t15-/m0/s1. The fourth-order valence-electron chi connectivity index (χ4n) is 2.10. The molecular formula is C16H19N3O3S. The second-order valence-corrected chi connectivity index (χ2v) is 6.68. The summed E-state index contributed by atoms with van der Waals surface area (Å²) in [4.78, 5) is 12.1. The molecular weight excluding hydrogens is 314 g/mol. The minimum Gasteiger partial charge on any atom is -0.354 e. The van der Waals surface area contributed by atoms with E-state index in [4.69, 9.17) is 10.9 Å². The minimum absolute atomic E-state index is 0.0661. The van der Waals surface area contributed by atoms with E-state index in [1.165, 1.54) is 12.1 Å². The van der Waals surface area contributed by atoms with E-state index in [0.29, 0.717) is 13.0 Å². The molecule has 122 valence electrons. The van der Waals surface area contributed by atoms with Gasteiger partial charge < -0.3 is 11.1 Å². The van der Waals surface area contributed by atoms with Crippen LogP contribution in [0.4, 0.5) is 0 Å². The average molecular weight is 333 g/mol. The number of benzene rings is 2. The van der Waals surface area contributed by atoms with E-state index in [2.05, 4.69) is 5.32 Å². The van der Waals surface area contributed by atoms with Crippen LogP contribution in [0.2, 0.25) is 0 Å². The summed E-state index contributed by atoms with van der Waals surface area (Å²) in [6.07, 6.45) is 0.568. The smallest absolute Gasteiger partial charge is 0.241 e. The second kappa shape index (κ2) is 7.36. The Bertz CT molecular complexity index is 759. The maximum atomic E-state index is 12.0. The molecule has 0 radical (unpaired) electrons. The van der Waals surface area contributed by atoms with Crippen molar-refractivity contribution in [3.05, 3.63) is 65.7 Å². The number of primary sulfonamides is 1. The van der Waals surface area contributed by atoms with E-state index in [1.54, 1.807) is 24.3 Å². The van der Waals surface area contributed by atoms with Crippen LogP contribution in [-0.4, -0.2) is 20.9 Å². The Morgan fingerprint density at radius 3 is 2.22 bits per heavy atom. The lowest BCUT2D eigenvalue weighted by Crippen LogP contribution is -2.35. The summed E-state index contributed by atoms with van der Waals surface area (Å²) in [6, 6.07) is 14.6. The quantitative estimate of drug-likeness (QED) is 0.721. The molecule has 0 spiro atoms. The number of carbonyl (C=O) groups excluding carboxylic acids is 1. The maximum Gasteiger partial charge on any atom is 0.241 e. The van der Waals surface area contributed by atoms with Crippen molar-refractivity contribution in [2.45, 2.75) is 17.4 Å². The number of carbonyl (C=O) groups is 1. The average Bonchev–Trinajstić information content (AvgIpc) is 2.54. The number of hydrogen-bond acceptors (Lipinski definition) is 4. The van der Waals surface area contributed by atoms with Crippen LogP contribution in [0.1, 0.15) is 17.2 Å². The van der Waals surface area contributed by atoms with Crippen LogP contribution in [0.15, 0.2) is 59.5 Å². The van der Waals surface area contributed by atoms with Gasteiger partial charge in [0.2, 0.25) is 15.9 Å². The first-order valence-electron chi connectivity index (χ1n) is 7.08. The van der Waals surface area contributed by atoms with Gasteiger partial charge in [0.05, 0.1) is 4.90 Å². The lowest BCUT2D eigenvalue weighted by molar-refractivity contribution is -0.122. The summed E-state index contributed by atoms with van der Waals surface area (Å²) in [7, 11) is -3.68. The number of sulfonamides is 1. The highest BCUT2D eigenvalue weighted by atomic mass is 32.2. The number of hydrogen-bond donors (Lipinski definition) is 3. The molecule has 0 aliphatic rings. The minimum atomic E-state index is -3.68. The van der Waals surface area contributed by atoms with Crippen LogP contribution in [-0.2, 0) is 21.2 Å². The molecule has 0 unspecified atom stereocenters. The van der Waals surface area contributed by atoms with Gasteiger partial charge in [0.25, 0.3) is 0 Å². The fraction of sp³-hybridized carbons (Fsp3) is 0.188. The second-order valence-electron chi connectivity index (χ2n) is 5.12. The topological polar surface area (TPSA) is 115 Å². The van der Waals surface area contributed by atoms with Crippen LogP contribution >= 0.6 is 0 Å². The molecule has 0 aromatic heterocycles.